The number of nitrogens with one attached hydrogen (secondary N) is 1. The van der Waals surface area contributed by atoms with Crippen molar-refractivity contribution >= 4 is 52.3 Å². The predicted octanol–water partition coefficient (Wildman–Crippen LogP) is 4.80. The number of H-pyrrole nitrogens is 1. The second-order valence-corrected chi connectivity index (χ2v) is 5.62. The average molecular weight is 355 g/mol. The third kappa shape index (κ3) is 3.74. The van der Waals surface area contributed by atoms with E-state index in [1.54, 1.807) is 6.07 Å². The first kappa shape index (κ1) is 16.7. The molecule has 1 heterocycles. The van der Waals surface area contributed by atoms with E-state index in [-0.39, 0.29) is 12.4 Å². The van der Waals surface area contributed by atoms with Crippen LogP contribution >= 0.6 is 35.6 Å². The van der Waals surface area contributed by atoms with Gasteiger partial charge in [0.25, 0.3) is 0 Å². The maximum atomic E-state index is 6.04. The molecule has 0 saturated heterocycles. The third-order valence-electron chi connectivity index (χ3n) is 3.16. The van der Waals surface area contributed by atoms with Crippen molar-refractivity contribution in [3.05, 3.63) is 69.8 Å². The van der Waals surface area contributed by atoms with Crippen molar-refractivity contribution in [2.75, 3.05) is 0 Å². The molecule has 3 nitrogen and oxygen atoms in total. The van der Waals surface area contributed by atoms with E-state index in [1.807, 2.05) is 42.5 Å². The molecule has 0 aliphatic heterocycles. The molecule has 2 aromatic carbocycles. The average Bonchev–Trinajstić information content (AvgIpc) is 2.87. The summed E-state index contributed by atoms with van der Waals surface area (Å²) in [5.74, 6) is 0.460. The van der Waals surface area contributed by atoms with Crippen LogP contribution in [0.15, 0.2) is 53.5 Å². The Hall–Kier alpha value is -1.68. The van der Waals surface area contributed by atoms with Crippen LogP contribution in [0.25, 0.3) is 10.9 Å². The molecular weight excluding hydrogens is 341 g/mol. The van der Waals surface area contributed by atoms with Crippen LogP contribution in [-0.2, 0) is 6.54 Å². The Bertz CT molecular complexity index is 771. The van der Waals surface area contributed by atoms with Gasteiger partial charge in [0, 0.05) is 20.9 Å². The van der Waals surface area contributed by atoms with Crippen molar-refractivity contribution < 1.29 is 0 Å². The molecule has 0 spiro atoms. The van der Waals surface area contributed by atoms with Crippen LogP contribution in [0, 0.1) is 0 Å². The smallest absolute Gasteiger partial charge is 0.142 e. The highest BCUT2D eigenvalue weighted by atomic mass is 35.5. The summed E-state index contributed by atoms with van der Waals surface area (Å²) in [6.07, 6.45) is 0. The summed E-state index contributed by atoms with van der Waals surface area (Å²) in [5.41, 5.74) is 8.81. The number of nitrogens with zero attached hydrogens (tertiary/aromatic N) is 1. The lowest BCUT2D eigenvalue weighted by molar-refractivity contribution is 1.06. The van der Waals surface area contributed by atoms with Gasteiger partial charge in [0.2, 0.25) is 0 Å². The minimum atomic E-state index is 0. The number of aromatic nitrogens is 1. The molecule has 0 fully saturated rings. The monoisotopic (exact) mass is 353 g/mol. The van der Waals surface area contributed by atoms with E-state index >= 15 is 0 Å². The molecule has 0 bridgehead atoms. The summed E-state index contributed by atoms with van der Waals surface area (Å²) in [6.45, 7) is 0.432. The van der Waals surface area contributed by atoms with Gasteiger partial charge >= 0.3 is 0 Å². The highest BCUT2D eigenvalue weighted by molar-refractivity contribution is 6.34. The van der Waals surface area contributed by atoms with Crippen molar-refractivity contribution in [3.8, 4) is 0 Å². The van der Waals surface area contributed by atoms with Gasteiger partial charge in [-0.05, 0) is 35.9 Å². The Morgan fingerprint density at radius 1 is 1.05 bits per heavy atom. The number of aliphatic imine (C=N–C) groups is 1. The van der Waals surface area contributed by atoms with Crippen molar-refractivity contribution in [2.24, 2.45) is 10.7 Å². The lowest BCUT2D eigenvalue weighted by atomic mass is 10.2. The van der Waals surface area contributed by atoms with Gasteiger partial charge in [-0.1, -0.05) is 41.4 Å². The van der Waals surface area contributed by atoms with E-state index in [0.29, 0.717) is 22.4 Å². The number of benzene rings is 2. The Balaban J connectivity index is 0.00000176. The number of halogens is 3. The molecule has 0 atom stereocenters. The Kier molecular flexibility index (Phi) is 5.35. The lowest BCUT2D eigenvalue weighted by Crippen LogP contribution is -2.14. The van der Waals surface area contributed by atoms with E-state index in [9.17, 15) is 0 Å². The highest BCUT2D eigenvalue weighted by Crippen LogP contribution is 2.20. The molecule has 6 heteroatoms. The van der Waals surface area contributed by atoms with Crippen molar-refractivity contribution in [2.45, 2.75) is 6.54 Å². The van der Waals surface area contributed by atoms with Crippen molar-refractivity contribution in [1.82, 2.24) is 4.98 Å². The second kappa shape index (κ2) is 7.05. The van der Waals surface area contributed by atoms with Gasteiger partial charge in [-0.2, -0.15) is 0 Å². The van der Waals surface area contributed by atoms with Gasteiger partial charge in [0.05, 0.1) is 12.2 Å². The fourth-order valence-electron chi connectivity index (χ4n) is 2.18. The van der Waals surface area contributed by atoms with Crippen molar-refractivity contribution in [3.63, 3.8) is 0 Å². The maximum Gasteiger partial charge on any atom is 0.142 e. The Morgan fingerprint density at radius 3 is 2.41 bits per heavy atom. The molecule has 22 heavy (non-hydrogen) atoms. The van der Waals surface area contributed by atoms with E-state index in [4.69, 9.17) is 28.9 Å². The first-order valence-electron chi connectivity index (χ1n) is 6.45. The van der Waals surface area contributed by atoms with E-state index in [2.05, 4.69) is 9.98 Å². The van der Waals surface area contributed by atoms with Gasteiger partial charge in [-0.3, -0.25) is 4.99 Å². The summed E-state index contributed by atoms with van der Waals surface area (Å²) < 4.78 is 0. The van der Waals surface area contributed by atoms with Crippen LogP contribution in [0.5, 0.6) is 0 Å². The topological polar surface area (TPSA) is 54.2 Å². The fourth-order valence-corrected chi connectivity index (χ4v) is 2.75. The molecule has 1 aromatic heterocycles. The first-order valence-corrected chi connectivity index (χ1v) is 7.20. The zero-order valence-electron chi connectivity index (χ0n) is 11.5. The lowest BCUT2D eigenvalue weighted by Gasteiger charge is -2.01. The Labute approximate surface area is 144 Å². The number of para-hydroxylation sites is 1. The summed E-state index contributed by atoms with van der Waals surface area (Å²) in [5, 5.41) is 2.30. The molecule has 0 aliphatic rings. The molecule has 0 unspecified atom stereocenters. The van der Waals surface area contributed by atoms with Crippen LogP contribution < -0.4 is 5.73 Å². The summed E-state index contributed by atoms with van der Waals surface area (Å²) >= 11 is 11.9. The maximum absolute atomic E-state index is 6.04. The highest BCUT2D eigenvalue weighted by Gasteiger charge is 2.04. The molecule has 114 valence electrons. The van der Waals surface area contributed by atoms with Crippen LogP contribution in [0.1, 0.15) is 11.3 Å². The number of hydrogen-bond donors (Lipinski definition) is 2. The molecule has 0 amide bonds. The SMILES string of the molecule is Cl.NC(=NCc1cc(Cl)cc(Cl)c1)c1cc2ccccc2[nH]1. The third-order valence-corrected chi connectivity index (χ3v) is 3.60. The van der Waals surface area contributed by atoms with Gasteiger partial charge in [-0.25, -0.2) is 0 Å². The molecular formula is C16H14Cl3N3. The molecule has 0 radical (unpaired) electrons. The molecule has 3 rings (SSSR count). The fraction of sp³-hybridized carbons (Fsp3) is 0.0625. The van der Waals surface area contributed by atoms with E-state index in [0.717, 1.165) is 22.2 Å². The molecule has 3 aromatic rings. The van der Waals surface area contributed by atoms with Crippen LogP contribution in [0.2, 0.25) is 10.0 Å². The number of fused-ring (bicyclic) bond motifs is 1. The summed E-state index contributed by atoms with van der Waals surface area (Å²) in [6, 6.07) is 15.3. The number of hydrogen-bond acceptors (Lipinski definition) is 1. The van der Waals surface area contributed by atoms with E-state index < -0.39 is 0 Å². The zero-order chi connectivity index (χ0) is 14.8. The molecule has 3 N–H and O–H groups in total. The molecule has 0 aliphatic carbocycles. The summed E-state index contributed by atoms with van der Waals surface area (Å²) in [4.78, 5) is 7.63. The minimum Gasteiger partial charge on any atom is -0.382 e. The number of nitrogens with two attached hydrogens (primary N) is 1. The molecule has 0 saturated carbocycles. The number of rotatable bonds is 3. The van der Waals surface area contributed by atoms with Gasteiger partial charge in [0.1, 0.15) is 5.84 Å². The zero-order valence-corrected chi connectivity index (χ0v) is 13.8. The van der Waals surface area contributed by atoms with Gasteiger partial charge in [0.15, 0.2) is 0 Å². The van der Waals surface area contributed by atoms with E-state index in [1.165, 1.54) is 0 Å². The van der Waals surface area contributed by atoms with Crippen LogP contribution in [0.3, 0.4) is 0 Å². The van der Waals surface area contributed by atoms with Crippen molar-refractivity contribution in [1.29, 1.82) is 0 Å². The van der Waals surface area contributed by atoms with Gasteiger partial charge in [-0.15, -0.1) is 12.4 Å². The first-order chi connectivity index (χ1) is 10.1. The Morgan fingerprint density at radius 2 is 1.73 bits per heavy atom. The van der Waals surface area contributed by atoms with Crippen LogP contribution in [0.4, 0.5) is 0 Å². The second-order valence-electron chi connectivity index (χ2n) is 4.75. The summed E-state index contributed by atoms with van der Waals surface area (Å²) in [7, 11) is 0. The number of amidine groups is 1. The predicted molar refractivity (Wildman–Crippen MR) is 96.4 cm³/mol. The standard InChI is InChI=1S/C16H13Cl2N3.ClH/c17-12-5-10(6-13(18)8-12)9-20-16(19)15-7-11-3-1-2-4-14(11)21-15;/h1-8,21H,9H2,(H2,19,20);1H. The quantitative estimate of drug-likeness (QED) is 0.515. The van der Waals surface area contributed by atoms with Crippen LogP contribution in [-0.4, -0.2) is 10.8 Å². The minimum absolute atomic E-state index is 0. The largest absolute Gasteiger partial charge is 0.382 e. The normalized spacial score (nSPS) is 11.5. The van der Waals surface area contributed by atoms with Gasteiger partial charge < -0.3 is 10.7 Å². The number of aromatic amines is 1.